The van der Waals surface area contributed by atoms with Crippen molar-refractivity contribution in [3.05, 3.63) is 57.1 Å². The van der Waals surface area contributed by atoms with Crippen molar-refractivity contribution in [1.29, 1.82) is 0 Å². The molecule has 0 saturated heterocycles. The number of hydrogen-bond donors (Lipinski definition) is 1. The molecule has 0 radical (unpaired) electrons. The number of rotatable bonds is 4. The Labute approximate surface area is 234 Å². The lowest BCUT2D eigenvalue weighted by Crippen LogP contribution is -2.48. The van der Waals surface area contributed by atoms with Crippen molar-refractivity contribution < 1.29 is 13.0 Å². The lowest BCUT2D eigenvalue weighted by atomic mass is 9.63. The van der Waals surface area contributed by atoms with Gasteiger partial charge in [-0.3, -0.25) is 9.55 Å². The van der Waals surface area contributed by atoms with Crippen LogP contribution in [-0.4, -0.2) is 56.2 Å². The molecular formula is C32H43N3O3S. The maximum atomic E-state index is 11.6. The molecule has 0 bridgehead atoms. The van der Waals surface area contributed by atoms with Gasteiger partial charge in [0.25, 0.3) is 10.1 Å². The van der Waals surface area contributed by atoms with Crippen LogP contribution in [-0.2, 0) is 28.4 Å². The van der Waals surface area contributed by atoms with Crippen molar-refractivity contribution in [3.8, 4) is 0 Å². The summed E-state index contributed by atoms with van der Waals surface area (Å²) in [4.78, 5) is 10.1. The first kappa shape index (κ1) is 26.8. The Kier molecular flexibility index (Phi) is 6.24. The Bertz CT molecular complexity index is 1490. The predicted molar refractivity (Wildman–Crippen MR) is 161 cm³/mol. The maximum Gasteiger partial charge on any atom is 0.266 e. The van der Waals surface area contributed by atoms with Crippen LogP contribution in [0.1, 0.15) is 106 Å². The van der Waals surface area contributed by atoms with Gasteiger partial charge in [0.2, 0.25) is 0 Å². The van der Waals surface area contributed by atoms with Crippen LogP contribution in [0.5, 0.6) is 0 Å². The fourth-order valence-electron chi connectivity index (χ4n) is 8.32. The number of aliphatic imine (C=N–C) groups is 1. The van der Waals surface area contributed by atoms with E-state index < -0.39 is 10.1 Å². The number of benzene rings is 2. The average molecular weight is 550 g/mol. The van der Waals surface area contributed by atoms with Crippen molar-refractivity contribution in [2.24, 2.45) is 4.99 Å². The second-order valence-corrected chi connectivity index (χ2v) is 14.8. The fourth-order valence-corrected chi connectivity index (χ4v) is 8.65. The molecule has 7 heteroatoms. The van der Waals surface area contributed by atoms with Gasteiger partial charge in [0, 0.05) is 53.1 Å². The molecular weight excluding hydrogens is 506 g/mol. The van der Waals surface area contributed by atoms with E-state index >= 15 is 0 Å². The average Bonchev–Trinajstić information content (AvgIpc) is 2.85. The van der Waals surface area contributed by atoms with Gasteiger partial charge in [-0.05, 0) is 105 Å². The zero-order valence-electron chi connectivity index (χ0n) is 24.4. The first-order chi connectivity index (χ1) is 18.3. The molecule has 6 rings (SSSR count). The van der Waals surface area contributed by atoms with Crippen LogP contribution in [0.15, 0.2) is 23.2 Å². The summed E-state index contributed by atoms with van der Waals surface area (Å²) in [7, 11) is -4.10. The molecule has 3 aliphatic heterocycles. The van der Waals surface area contributed by atoms with Crippen LogP contribution in [0.4, 0.5) is 11.4 Å². The first-order valence-electron chi connectivity index (χ1n) is 14.7. The maximum absolute atomic E-state index is 11.6. The molecule has 0 amide bonds. The van der Waals surface area contributed by atoms with Gasteiger partial charge in [0.1, 0.15) is 0 Å². The summed E-state index contributed by atoms with van der Waals surface area (Å²) in [5.74, 6) is 0.0415. The number of fused-ring (bicyclic) bond motifs is 4. The summed E-state index contributed by atoms with van der Waals surface area (Å²) in [5.41, 5.74) is 12.6. The highest BCUT2D eigenvalue weighted by Gasteiger charge is 2.43. The summed E-state index contributed by atoms with van der Waals surface area (Å²) < 4.78 is 32.8. The van der Waals surface area contributed by atoms with Gasteiger partial charge in [-0.2, -0.15) is 8.42 Å². The SMILES string of the molecule is CCN1c2cc3c(cc2C(C)CC1(C)C)C(=NCCS(=O)(=O)O)c1cc2c4c(c1C3(C)C)CCCN4CCC2. The Balaban J connectivity index is 1.64. The van der Waals surface area contributed by atoms with E-state index in [1.165, 1.54) is 39.2 Å². The minimum atomic E-state index is -4.10. The lowest BCUT2D eigenvalue weighted by Gasteiger charge is -2.49. The second-order valence-electron chi connectivity index (χ2n) is 13.2. The van der Waals surface area contributed by atoms with Crippen LogP contribution >= 0.6 is 0 Å². The van der Waals surface area contributed by atoms with Crippen molar-refractivity contribution in [2.75, 3.05) is 41.7 Å². The molecule has 210 valence electrons. The van der Waals surface area contributed by atoms with Crippen LogP contribution in [0.2, 0.25) is 0 Å². The fraction of sp³-hybridized carbons (Fsp3) is 0.594. The molecule has 39 heavy (non-hydrogen) atoms. The van der Waals surface area contributed by atoms with Gasteiger partial charge in [-0.15, -0.1) is 0 Å². The highest BCUT2D eigenvalue weighted by atomic mass is 32.2. The number of nitrogens with zero attached hydrogens (tertiary/aromatic N) is 3. The van der Waals surface area contributed by atoms with Crippen LogP contribution < -0.4 is 9.80 Å². The lowest BCUT2D eigenvalue weighted by molar-refractivity contribution is 0.381. The zero-order chi connectivity index (χ0) is 27.9. The molecule has 0 spiro atoms. The minimum Gasteiger partial charge on any atom is -0.371 e. The molecule has 4 aliphatic rings. The number of anilines is 2. The molecule has 1 unspecified atom stereocenters. The summed E-state index contributed by atoms with van der Waals surface area (Å²) in [6.07, 6.45) is 5.53. The van der Waals surface area contributed by atoms with Crippen molar-refractivity contribution in [1.82, 2.24) is 0 Å². The molecule has 1 N–H and O–H groups in total. The molecule has 0 fully saturated rings. The van der Waals surface area contributed by atoms with Gasteiger partial charge in [0.05, 0.1) is 18.0 Å². The van der Waals surface area contributed by atoms with Crippen LogP contribution in [0.25, 0.3) is 0 Å². The Hall–Kier alpha value is -2.38. The molecule has 6 nitrogen and oxygen atoms in total. The van der Waals surface area contributed by atoms with E-state index in [4.69, 9.17) is 4.99 Å². The van der Waals surface area contributed by atoms with Crippen molar-refractivity contribution >= 4 is 27.2 Å². The topological polar surface area (TPSA) is 73.2 Å². The second kappa shape index (κ2) is 9.07. The van der Waals surface area contributed by atoms with Gasteiger partial charge in [-0.1, -0.05) is 20.8 Å². The smallest absolute Gasteiger partial charge is 0.266 e. The van der Waals surface area contributed by atoms with Crippen LogP contribution in [0.3, 0.4) is 0 Å². The van der Waals surface area contributed by atoms with E-state index in [0.29, 0.717) is 5.92 Å². The molecule has 2 aromatic carbocycles. The zero-order valence-corrected chi connectivity index (χ0v) is 25.2. The van der Waals surface area contributed by atoms with Crippen molar-refractivity contribution in [3.63, 3.8) is 0 Å². The minimum absolute atomic E-state index is 0.0484. The third-order valence-electron chi connectivity index (χ3n) is 9.79. The summed E-state index contributed by atoms with van der Waals surface area (Å²) in [6.45, 7) is 17.2. The van der Waals surface area contributed by atoms with Crippen molar-refractivity contribution in [2.45, 2.75) is 90.5 Å². The van der Waals surface area contributed by atoms with E-state index in [9.17, 15) is 13.0 Å². The molecule has 3 heterocycles. The van der Waals surface area contributed by atoms with Gasteiger partial charge < -0.3 is 9.80 Å². The molecule has 1 atom stereocenters. The Morgan fingerprint density at radius 1 is 1.05 bits per heavy atom. The standard InChI is InChI=1S/C32H43N3O3S/c1-7-35-27-18-26-24(17-23(27)20(2)19-31(35,3)4)29(33-12-15-39(36,37)38)25-16-21-10-8-13-34-14-9-11-22(30(21)34)28(25)32(26,5)6/h16-18,20H,7-15,19H2,1-6H3,(H,36,37,38). The normalized spacial score (nSPS) is 23.7. The summed E-state index contributed by atoms with van der Waals surface area (Å²) in [6, 6.07) is 7.16. The summed E-state index contributed by atoms with van der Waals surface area (Å²) >= 11 is 0. The van der Waals surface area contributed by atoms with Gasteiger partial charge >= 0.3 is 0 Å². The largest absolute Gasteiger partial charge is 0.371 e. The van der Waals surface area contributed by atoms with Crippen LogP contribution in [0, 0.1) is 0 Å². The quantitative estimate of drug-likeness (QED) is 0.484. The molecule has 1 aliphatic carbocycles. The summed E-state index contributed by atoms with van der Waals surface area (Å²) in [5, 5.41) is 0. The molecule has 0 saturated carbocycles. The van der Waals surface area contributed by atoms with E-state index in [-0.39, 0.29) is 23.3 Å². The number of hydrogen-bond acceptors (Lipinski definition) is 5. The molecule has 2 aromatic rings. The highest BCUT2D eigenvalue weighted by molar-refractivity contribution is 7.85. The van der Waals surface area contributed by atoms with E-state index in [1.807, 2.05) is 0 Å². The number of aryl methyl sites for hydroxylation is 1. The molecule has 0 aromatic heterocycles. The third kappa shape index (κ3) is 4.22. The van der Waals surface area contributed by atoms with E-state index in [1.54, 1.807) is 0 Å². The first-order valence-corrected chi connectivity index (χ1v) is 16.3. The predicted octanol–water partition coefficient (Wildman–Crippen LogP) is 5.86. The Morgan fingerprint density at radius 3 is 2.46 bits per heavy atom. The van der Waals surface area contributed by atoms with E-state index in [2.05, 4.69) is 69.5 Å². The monoisotopic (exact) mass is 549 g/mol. The third-order valence-corrected chi connectivity index (χ3v) is 10.5. The van der Waals surface area contributed by atoms with E-state index in [0.717, 1.165) is 68.6 Å². The highest BCUT2D eigenvalue weighted by Crippen LogP contribution is 2.52. The Morgan fingerprint density at radius 2 is 1.77 bits per heavy atom. The van der Waals surface area contributed by atoms with Gasteiger partial charge in [0.15, 0.2) is 0 Å². The van der Waals surface area contributed by atoms with Gasteiger partial charge in [-0.25, -0.2) is 0 Å².